The molecule has 160 valence electrons. The first-order valence-electron chi connectivity index (χ1n) is 9.50. The first-order chi connectivity index (χ1) is 15.5. The number of carbonyl (C=O) groups is 3. The minimum Gasteiger partial charge on any atom is -0.478 e. The summed E-state index contributed by atoms with van der Waals surface area (Å²) in [5.74, 6) is -1.67. The number of aliphatic imine (C=N–C) groups is 1. The number of rotatable bonds is 6. The van der Waals surface area contributed by atoms with E-state index in [1.54, 1.807) is 30.3 Å². The number of aromatic carboxylic acids is 1. The zero-order valence-corrected chi connectivity index (χ0v) is 18.2. The molecule has 0 atom stereocenters. The van der Waals surface area contributed by atoms with Gasteiger partial charge in [0.1, 0.15) is 5.70 Å². The van der Waals surface area contributed by atoms with Crippen molar-refractivity contribution in [2.75, 3.05) is 16.0 Å². The maximum atomic E-state index is 13.1. The molecular formula is C23H17N3O4S2. The molecule has 0 saturated heterocycles. The van der Waals surface area contributed by atoms with Gasteiger partial charge in [-0.25, -0.2) is 9.79 Å². The number of para-hydroxylation sites is 1. The molecule has 2 amide bonds. The highest BCUT2D eigenvalue weighted by Crippen LogP contribution is 2.30. The molecule has 0 fully saturated rings. The molecule has 0 radical (unpaired) electrons. The molecule has 32 heavy (non-hydrogen) atoms. The SMILES string of the molecule is O=C(CSC1=N/C(=C\c2cccs2)C(=O)N1c1ccccc1)Nc1cccc(C(=O)O)c1. The van der Waals surface area contributed by atoms with E-state index in [-0.39, 0.29) is 23.1 Å². The van der Waals surface area contributed by atoms with Crippen molar-refractivity contribution in [3.8, 4) is 0 Å². The number of nitrogens with one attached hydrogen (secondary N) is 1. The van der Waals surface area contributed by atoms with E-state index in [4.69, 9.17) is 5.11 Å². The molecule has 1 aromatic heterocycles. The van der Waals surface area contributed by atoms with Gasteiger partial charge in [0, 0.05) is 10.6 Å². The average molecular weight is 464 g/mol. The van der Waals surface area contributed by atoms with Gasteiger partial charge in [-0.1, -0.05) is 42.1 Å². The number of carboxylic acid groups (broad SMARTS) is 1. The van der Waals surface area contributed by atoms with E-state index in [0.29, 0.717) is 22.2 Å². The largest absolute Gasteiger partial charge is 0.478 e. The van der Waals surface area contributed by atoms with Gasteiger partial charge >= 0.3 is 5.97 Å². The number of anilines is 2. The second-order valence-corrected chi connectivity index (χ2v) is 8.56. The van der Waals surface area contributed by atoms with Crippen LogP contribution in [0.3, 0.4) is 0 Å². The number of carboxylic acids is 1. The first-order valence-corrected chi connectivity index (χ1v) is 11.4. The Hall–Kier alpha value is -3.69. The highest BCUT2D eigenvalue weighted by Gasteiger charge is 2.32. The minimum absolute atomic E-state index is 0.000964. The van der Waals surface area contributed by atoms with Gasteiger partial charge in [-0.2, -0.15) is 0 Å². The van der Waals surface area contributed by atoms with Crippen molar-refractivity contribution in [2.24, 2.45) is 4.99 Å². The molecule has 0 aliphatic carbocycles. The number of carbonyl (C=O) groups excluding carboxylic acids is 2. The minimum atomic E-state index is -1.07. The van der Waals surface area contributed by atoms with Crippen LogP contribution < -0.4 is 10.2 Å². The number of nitrogens with zero attached hydrogens (tertiary/aromatic N) is 2. The molecule has 2 N–H and O–H groups in total. The summed E-state index contributed by atoms with van der Waals surface area (Å²) < 4.78 is 0. The predicted molar refractivity (Wildman–Crippen MR) is 128 cm³/mol. The van der Waals surface area contributed by atoms with Crippen molar-refractivity contribution in [3.63, 3.8) is 0 Å². The molecule has 2 heterocycles. The number of hydrogen-bond acceptors (Lipinski definition) is 6. The van der Waals surface area contributed by atoms with Crippen molar-refractivity contribution < 1.29 is 19.5 Å². The van der Waals surface area contributed by atoms with Gasteiger partial charge in [-0.05, 0) is 47.9 Å². The molecule has 0 saturated carbocycles. The van der Waals surface area contributed by atoms with Gasteiger partial charge in [0.2, 0.25) is 5.91 Å². The van der Waals surface area contributed by atoms with Crippen molar-refractivity contribution >= 4 is 63.5 Å². The highest BCUT2D eigenvalue weighted by molar-refractivity contribution is 8.14. The molecule has 0 unspecified atom stereocenters. The first kappa shape index (κ1) is 21.5. The number of benzene rings is 2. The molecule has 1 aliphatic heterocycles. The Labute approximate surface area is 192 Å². The summed E-state index contributed by atoms with van der Waals surface area (Å²) in [5, 5.41) is 14.1. The maximum Gasteiger partial charge on any atom is 0.335 e. The summed E-state index contributed by atoms with van der Waals surface area (Å²) >= 11 is 2.64. The zero-order chi connectivity index (χ0) is 22.5. The van der Waals surface area contributed by atoms with Gasteiger partial charge < -0.3 is 10.4 Å². The molecule has 9 heteroatoms. The standard InChI is InChI=1S/C23H17N3O4S2/c27-20(24-16-7-4-6-15(12-16)22(29)30)14-32-23-25-19(13-18-10-5-11-31-18)21(28)26(23)17-8-2-1-3-9-17/h1-13H,14H2,(H,24,27)(H,29,30)/b19-13-. The fourth-order valence-corrected chi connectivity index (χ4v) is 4.43. The predicted octanol–water partition coefficient (Wildman–Crippen LogP) is 4.56. The lowest BCUT2D eigenvalue weighted by Crippen LogP contribution is -2.31. The summed E-state index contributed by atoms with van der Waals surface area (Å²) in [5.41, 5.74) is 1.43. The Bertz CT molecular complexity index is 1220. The topological polar surface area (TPSA) is 99.1 Å². The molecule has 1 aliphatic rings. The van der Waals surface area contributed by atoms with Gasteiger partial charge in [-0.3, -0.25) is 14.5 Å². The maximum absolute atomic E-state index is 13.1. The molecule has 2 aromatic carbocycles. The number of thiophene rings is 1. The summed E-state index contributed by atoms with van der Waals surface area (Å²) in [6.45, 7) is 0. The van der Waals surface area contributed by atoms with Gasteiger partial charge in [0.25, 0.3) is 5.91 Å². The summed E-state index contributed by atoms with van der Waals surface area (Å²) in [6.07, 6.45) is 1.73. The Morgan fingerprint density at radius 3 is 2.62 bits per heavy atom. The van der Waals surface area contributed by atoms with E-state index in [1.807, 2.05) is 35.7 Å². The second kappa shape index (κ2) is 9.63. The molecule has 4 rings (SSSR count). The molecule has 7 nitrogen and oxygen atoms in total. The quantitative estimate of drug-likeness (QED) is 0.522. The second-order valence-electron chi connectivity index (χ2n) is 6.64. The third-order valence-corrected chi connectivity index (χ3v) is 6.15. The van der Waals surface area contributed by atoms with Gasteiger partial charge in [0.05, 0.1) is 17.0 Å². The highest BCUT2D eigenvalue weighted by atomic mass is 32.2. The average Bonchev–Trinajstić information content (AvgIpc) is 3.41. The fraction of sp³-hybridized carbons (Fsp3) is 0.0435. The van der Waals surface area contributed by atoms with Crippen molar-refractivity contribution in [3.05, 3.63) is 88.2 Å². The lowest BCUT2D eigenvalue weighted by Gasteiger charge is -2.17. The van der Waals surface area contributed by atoms with Crippen LogP contribution in [0.15, 0.2) is 82.8 Å². The zero-order valence-electron chi connectivity index (χ0n) is 16.6. The Balaban J connectivity index is 1.51. The molecule has 0 spiro atoms. The van der Waals surface area contributed by atoms with Crippen LogP contribution in [0.4, 0.5) is 11.4 Å². The number of amidine groups is 1. The van der Waals surface area contributed by atoms with E-state index in [2.05, 4.69) is 10.3 Å². The summed E-state index contributed by atoms with van der Waals surface area (Å²) in [6, 6.07) is 18.9. The Morgan fingerprint density at radius 2 is 1.91 bits per heavy atom. The van der Waals surface area contributed by atoms with Crippen LogP contribution in [0.25, 0.3) is 6.08 Å². The Morgan fingerprint density at radius 1 is 1.09 bits per heavy atom. The lowest BCUT2D eigenvalue weighted by atomic mass is 10.2. The van der Waals surface area contributed by atoms with E-state index < -0.39 is 5.97 Å². The van der Waals surface area contributed by atoms with E-state index in [0.717, 1.165) is 16.6 Å². The van der Waals surface area contributed by atoms with Crippen LogP contribution in [0.5, 0.6) is 0 Å². The summed E-state index contributed by atoms with van der Waals surface area (Å²) in [4.78, 5) is 43.5. The van der Waals surface area contributed by atoms with Crippen LogP contribution in [0, 0.1) is 0 Å². The normalized spacial score (nSPS) is 14.5. The third-order valence-electron chi connectivity index (χ3n) is 4.39. The van der Waals surface area contributed by atoms with Crippen LogP contribution in [-0.4, -0.2) is 33.8 Å². The number of amides is 2. The number of hydrogen-bond donors (Lipinski definition) is 2. The monoisotopic (exact) mass is 463 g/mol. The number of thioether (sulfide) groups is 1. The smallest absolute Gasteiger partial charge is 0.335 e. The van der Waals surface area contributed by atoms with Gasteiger partial charge in [0.15, 0.2) is 5.17 Å². The van der Waals surface area contributed by atoms with Crippen LogP contribution in [-0.2, 0) is 9.59 Å². The fourth-order valence-electron chi connectivity index (χ4n) is 2.96. The van der Waals surface area contributed by atoms with Crippen molar-refractivity contribution in [2.45, 2.75) is 0 Å². The summed E-state index contributed by atoms with van der Waals surface area (Å²) in [7, 11) is 0. The van der Waals surface area contributed by atoms with Crippen LogP contribution >= 0.6 is 23.1 Å². The molecule has 0 bridgehead atoms. The van der Waals surface area contributed by atoms with Gasteiger partial charge in [-0.15, -0.1) is 11.3 Å². The molecular weight excluding hydrogens is 446 g/mol. The Kier molecular flexibility index (Phi) is 6.48. The van der Waals surface area contributed by atoms with E-state index in [9.17, 15) is 14.4 Å². The van der Waals surface area contributed by atoms with Crippen molar-refractivity contribution in [1.82, 2.24) is 0 Å². The van der Waals surface area contributed by atoms with Crippen LogP contribution in [0.1, 0.15) is 15.2 Å². The van der Waals surface area contributed by atoms with Crippen molar-refractivity contribution in [1.29, 1.82) is 0 Å². The molecule has 3 aromatic rings. The lowest BCUT2D eigenvalue weighted by molar-refractivity contribution is -0.114. The van der Waals surface area contributed by atoms with E-state index in [1.165, 1.54) is 28.4 Å². The van der Waals surface area contributed by atoms with Crippen LogP contribution in [0.2, 0.25) is 0 Å². The van der Waals surface area contributed by atoms with E-state index >= 15 is 0 Å². The third kappa shape index (κ3) is 4.96.